The number of aromatic amines is 1. The molecular weight excluding hydrogens is 260 g/mol. The predicted octanol–water partition coefficient (Wildman–Crippen LogP) is 3.06. The lowest BCUT2D eigenvalue weighted by Gasteiger charge is -2.03. The van der Waals surface area contributed by atoms with Gasteiger partial charge in [0, 0.05) is 11.8 Å². The molecule has 0 bridgehead atoms. The highest BCUT2D eigenvalue weighted by Crippen LogP contribution is 2.18. The second-order valence-corrected chi connectivity index (χ2v) is 5.09. The van der Waals surface area contributed by atoms with Crippen molar-refractivity contribution in [2.24, 2.45) is 0 Å². The van der Waals surface area contributed by atoms with Crippen LogP contribution in [0, 0.1) is 25.5 Å². The van der Waals surface area contributed by atoms with Gasteiger partial charge in [-0.15, -0.1) is 0 Å². The van der Waals surface area contributed by atoms with E-state index in [0.29, 0.717) is 11.3 Å². The number of nitrogens with zero attached hydrogens (tertiary/aromatic N) is 3. The number of fused-ring (bicyclic) bond motifs is 1. The van der Waals surface area contributed by atoms with Crippen LogP contribution in [0.15, 0.2) is 16.8 Å². The molecule has 0 saturated carbocycles. The highest BCUT2D eigenvalue weighted by atomic mass is 32.1. The van der Waals surface area contributed by atoms with Crippen LogP contribution in [0.3, 0.4) is 0 Å². The fourth-order valence-electron chi connectivity index (χ4n) is 2.18. The van der Waals surface area contributed by atoms with Crippen LogP contribution in [0.4, 0.5) is 0 Å². The summed E-state index contributed by atoms with van der Waals surface area (Å²) in [6.07, 6.45) is 1.84. The lowest BCUT2D eigenvalue weighted by atomic mass is 10.2. The maximum absolute atomic E-state index is 5.37. The number of H-pyrrole nitrogens is 1. The molecule has 0 amide bonds. The predicted molar refractivity (Wildman–Crippen MR) is 74.7 cm³/mol. The molecule has 3 rings (SSSR count). The summed E-state index contributed by atoms with van der Waals surface area (Å²) >= 11 is 5.37. The first-order valence-corrected chi connectivity index (χ1v) is 6.44. The molecule has 0 saturated heterocycles. The number of hydrogen-bond acceptors (Lipinski definition) is 4. The Morgan fingerprint density at radius 1 is 1.37 bits per heavy atom. The summed E-state index contributed by atoms with van der Waals surface area (Å²) in [4.78, 5) is 7.64. The minimum absolute atomic E-state index is 0.621. The summed E-state index contributed by atoms with van der Waals surface area (Å²) in [5.41, 5.74) is 4.86. The van der Waals surface area contributed by atoms with Gasteiger partial charge in [-0.3, -0.25) is 4.57 Å². The van der Waals surface area contributed by atoms with Crippen LogP contribution >= 0.6 is 12.2 Å². The zero-order chi connectivity index (χ0) is 13.6. The van der Waals surface area contributed by atoms with Crippen molar-refractivity contribution < 1.29 is 4.52 Å². The molecule has 0 aliphatic carbocycles. The number of aryl methyl sites for hydroxylation is 3. The molecule has 1 N–H and O–H groups in total. The van der Waals surface area contributed by atoms with Crippen LogP contribution in [0.5, 0.6) is 0 Å². The molecule has 5 nitrogen and oxygen atoms in total. The van der Waals surface area contributed by atoms with E-state index in [2.05, 4.69) is 15.1 Å². The Bertz CT molecular complexity index is 792. The molecule has 98 valence electrons. The lowest BCUT2D eigenvalue weighted by Crippen LogP contribution is -2.02. The van der Waals surface area contributed by atoms with E-state index in [1.165, 1.54) is 0 Å². The van der Waals surface area contributed by atoms with Crippen molar-refractivity contribution in [1.29, 1.82) is 0 Å². The van der Waals surface area contributed by atoms with Crippen molar-refractivity contribution in [3.05, 3.63) is 39.6 Å². The van der Waals surface area contributed by atoms with Gasteiger partial charge in [-0.05, 0) is 44.6 Å². The summed E-state index contributed by atoms with van der Waals surface area (Å²) in [6.45, 7) is 6.47. The van der Waals surface area contributed by atoms with Gasteiger partial charge < -0.3 is 9.51 Å². The fourth-order valence-corrected chi connectivity index (χ4v) is 2.44. The van der Waals surface area contributed by atoms with Gasteiger partial charge in [0.2, 0.25) is 0 Å². The third kappa shape index (κ3) is 1.98. The monoisotopic (exact) mass is 274 g/mol. The van der Waals surface area contributed by atoms with E-state index in [1.807, 2.05) is 37.6 Å². The van der Waals surface area contributed by atoms with Gasteiger partial charge in [0.1, 0.15) is 5.76 Å². The molecule has 3 aromatic heterocycles. The number of rotatable bonds is 2. The minimum atomic E-state index is 0.621. The van der Waals surface area contributed by atoms with Crippen LogP contribution in [0.1, 0.15) is 22.6 Å². The number of imidazole rings is 1. The fraction of sp³-hybridized carbons (Fsp3) is 0.308. The Labute approximate surface area is 115 Å². The molecule has 0 aliphatic heterocycles. The molecular formula is C13H14N4OS. The largest absolute Gasteiger partial charge is 0.361 e. The summed E-state index contributed by atoms with van der Waals surface area (Å²) in [5, 5.41) is 3.97. The van der Waals surface area contributed by atoms with Crippen LogP contribution in [0.25, 0.3) is 11.2 Å². The second-order valence-electron chi connectivity index (χ2n) is 4.70. The van der Waals surface area contributed by atoms with Crippen LogP contribution in [0.2, 0.25) is 0 Å². The zero-order valence-electron chi connectivity index (χ0n) is 11.0. The number of hydrogen-bond donors (Lipinski definition) is 1. The molecule has 0 atom stereocenters. The lowest BCUT2D eigenvalue weighted by molar-refractivity contribution is 0.392. The van der Waals surface area contributed by atoms with E-state index < -0.39 is 0 Å². The standard InChI is InChI=1S/C13H14N4OS/c1-7-4-11-12(14-5-7)17(13(19)15-11)6-10-8(2)16-18-9(10)3/h4-5H,6H2,1-3H3,(H,15,19). The quantitative estimate of drug-likeness (QED) is 0.730. The van der Waals surface area contributed by atoms with Crippen LogP contribution in [-0.4, -0.2) is 19.7 Å². The summed E-state index contributed by atoms with van der Waals surface area (Å²) in [6, 6.07) is 2.04. The van der Waals surface area contributed by atoms with Crippen LogP contribution < -0.4 is 0 Å². The Hall–Kier alpha value is -1.95. The van der Waals surface area contributed by atoms with E-state index in [9.17, 15) is 0 Å². The number of pyridine rings is 1. The van der Waals surface area contributed by atoms with E-state index >= 15 is 0 Å². The Balaban J connectivity index is 2.16. The summed E-state index contributed by atoms with van der Waals surface area (Å²) < 4.78 is 7.82. The average Bonchev–Trinajstić information content (AvgIpc) is 2.83. The Kier molecular flexibility index (Phi) is 2.74. The normalized spacial score (nSPS) is 11.3. The van der Waals surface area contributed by atoms with Crippen molar-refractivity contribution in [3.8, 4) is 0 Å². The third-order valence-corrected chi connectivity index (χ3v) is 3.57. The van der Waals surface area contributed by atoms with Crippen molar-refractivity contribution in [1.82, 2.24) is 19.7 Å². The first-order chi connectivity index (χ1) is 9.06. The molecule has 3 heterocycles. The molecule has 0 spiro atoms. The van der Waals surface area contributed by atoms with Crippen molar-refractivity contribution in [2.45, 2.75) is 27.3 Å². The molecule has 0 aliphatic rings. The van der Waals surface area contributed by atoms with Gasteiger partial charge in [0.25, 0.3) is 0 Å². The van der Waals surface area contributed by atoms with E-state index in [4.69, 9.17) is 16.7 Å². The first kappa shape index (κ1) is 12.1. The van der Waals surface area contributed by atoms with E-state index in [-0.39, 0.29) is 0 Å². The molecule has 3 aromatic rings. The molecule has 0 unspecified atom stereocenters. The van der Waals surface area contributed by atoms with Gasteiger partial charge in [-0.1, -0.05) is 5.16 Å². The maximum atomic E-state index is 5.37. The SMILES string of the molecule is Cc1cnc2c(c1)[nH]c(=S)n2Cc1c(C)noc1C. The molecule has 0 radical (unpaired) electrons. The van der Waals surface area contributed by atoms with Crippen LogP contribution in [-0.2, 0) is 6.54 Å². The Morgan fingerprint density at radius 3 is 2.84 bits per heavy atom. The van der Waals surface area contributed by atoms with Gasteiger partial charge in [-0.2, -0.15) is 0 Å². The van der Waals surface area contributed by atoms with E-state index in [1.54, 1.807) is 0 Å². The number of nitrogens with one attached hydrogen (secondary N) is 1. The van der Waals surface area contributed by atoms with Crippen molar-refractivity contribution in [2.75, 3.05) is 0 Å². The van der Waals surface area contributed by atoms with E-state index in [0.717, 1.165) is 33.7 Å². The highest BCUT2D eigenvalue weighted by Gasteiger charge is 2.13. The maximum Gasteiger partial charge on any atom is 0.179 e. The third-order valence-electron chi connectivity index (χ3n) is 3.24. The second kappa shape index (κ2) is 4.31. The van der Waals surface area contributed by atoms with Gasteiger partial charge in [0.15, 0.2) is 10.4 Å². The molecule has 0 aromatic carbocycles. The van der Waals surface area contributed by atoms with Crippen molar-refractivity contribution in [3.63, 3.8) is 0 Å². The molecule has 0 fully saturated rings. The minimum Gasteiger partial charge on any atom is -0.361 e. The van der Waals surface area contributed by atoms with Gasteiger partial charge in [-0.25, -0.2) is 4.98 Å². The van der Waals surface area contributed by atoms with Crippen molar-refractivity contribution >= 4 is 23.4 Å². The molecule has 6 heteroatoms. The van der Waals surface area contributed by atoms with Gasteiger partial charge >= 0.3 is 0 Å². The summed E-state index contributed by atoms with van der Waals surface area (Å²) in [5.74, 6) is 0.820. The Morgan fingerprint density at radius 2 is 2.16 bits per heavy atom. The number of aromatic nitrogens is 4. The average molecular weight is 274 g/mol. The topological polar surface area (TPSA) is 59.6 Å². The smallest absolute Gasteiger partial charge is 0.179 e. The highest BCUT2D eigenvalue weighted by molar-refractivity contribution is 7.71. The zero-order valence-corrected chi connectivity index (χ0v) is 11.8. The first-order valence-electron chi connectivity index (χ1n) is 6.03. The van der Waals surface area contributed by atoms with Gasteiger partial charge in [0.05, 0.1) is 17.8 Å². The summed E-state index contributed by atoms with van der Waals surface area (Å²) in [7, 11) is 0. The molecule has 19 heavy (non-hydrogen) atoms.